The van der Waals surface area contributed by atoms with E-state index in [1.54, 1.807) is 0 Å². The number of fused-ring (bicyclic) bond motifs is 1. The van der Waals surface area contributed by atoms with Crippen LogP contribution in [0.25, 0.3) is 0 Å². The molecular weight excluding hydrogens is 579 g/mol. The molecule has 2 unspecified atom stereocenters. The summed E-state index contributed by atoms with van der Waals surface area (Å²) in [4.78, 5) is 18.1. The summed E-state index contributed by atoms with van der Waals surface area (Å²) in [6.45, 7) is 19.5. The first kappa shape index (κ1) is 35.0. The highest BCUT2D eigenvalue weighted by Crippen LogP contribution is 2.44. The molecule has 1 fully saturated rings. The minimum atomic E-state index is -2.16. The van der Waals surface area contributed by atoms with Crippen molar-refractivity contribution in [3.63, 3.8) is 0 Å². The summed E-state index contributed by atoms with van der Waals surface area (Å²) in [6.07, 6.45) is 12.3. The number of carbonyl (C=O) groups excluding carboxylic acids is 1. The van der Waals surface area contributed by atoms with Crippen molar-refractivity contribution in [1.29, 1.82) is 0 Å². The number of benzene rings is 1. The maximum Gasteiger partial charge on any atom is 0.308 e. The Bertz CT molecular complexity index is 1350. The maximum atomic E-state index is 13.6. The smallest absolute Gasteiger partial charge is 0.308 e. The third kappa shape index (κ3) is 9.13. The Morgan fingerprint density at radius 2 is 1.82 bits per heavy atom. The summed E-state index contributed by atoms with van der Waals surface area (Å²) in [5, 5.41) is 0.0102. The van der Waals surface area contributed by atoms with Gasteiger partial charge in [0.2, 0.25) is 0 Å². The number of rotatable bonds is 7. The molecule has 4 rings (SSSR count). The summed E-state index contributed by atoms with van der Waals surface area (Å²) in [5.41, 5.74) is 2.39. The van der Waals surface area contributed by atoms with E-state index in [1.165, 1.54) is 0 Å². The fourth-order valence-electron chi connectivity index (χ4n) is 5.65. The Hall–Kier alpha value is -2.84. The second kappa shape index (κ2) is 14.7. The van der Waals surface area contributed by atoms with Gasteiger partial charge in [0.15, 0.2) is 14.6 Å². The van der Waals surface area contributed by atoms with E-state index in [1.807, 2.05) is 73.8 Å². The fraction of sp³-hybridized carbons (Fsp3) is 0.526. The average molecular weight is 632 g/mol. The predicted molar refractivity (Wildman–Crippen MR) is 183 cm³/mol. The zero-order valence-electron chi connectivity index (χ0n) is 28.7. The number of nitrogens with zero attached hydrogens (tertiary/aromatic N) is 1. The summed E-state index contributed by atoms with van der Waals surface area (Å²) >= 11 is 0. The van der Waals surface area contributed by atoms with Crippen LogP contribution in [0, 0.1) is 5.92 Å². The number of hydrogen-bond acceptors (Lipinski definition) is 6. The largest absolute Gasteiger partial charge is 0.457 e. The van der Waals surface area contributed by atoms with Gasteiger partial charge in [-0.1, -0.05) is 101 Å². The minimum absolute atomic E-state index is 0.0102. The van der Waals surface area contributed by atoms with Crippen molar-refractivity contribution in [3.8, 4) is 0 Å². The molecule has 7 heteroatoms. The second-order valence-electron chi connectivity index (χ2n) is 14.5. The summed E-state index contributed by atoms with van der Waals surface area (Å²) in [5.74, 6) is -0.167. The lowest BCUT2D eigenvalue weighted by Gasteiger charge is -2.40. The van der Waals surface area contributed by atoms with Crippen LogP contribution in [0.4, 0.5) is 0 Å². The molecule has 1 aromatic carbocycles. The van der Waals surface area contributed by atoms with Crippen molar-refractivity contribution in [3.05, 3.63) is 102 Å². The average Bonchev–Trinajstić information content (AvgIpc) is 3.33. The number of hydrogen-bond donors (Lipinski definition) is 0. The molecule has 0 amide bonds. The number of allylic oxidation sites excluding steroid dienone is 3. The van der Waals surface area contributed by atoms with Gasteiger partial charge in [0, 0.05) is 29.3 Å². The van der Waals surface area contributed by atoms with Crippen molar-refractivity contribution in [2.24, 2.45) is 5.92 Å². The van der Waals surface area contributed by atoms with E-state index in [0.29, 0.717) is 12.8 Å². The SMILES string of the molecule is C/C(=C\C=C\C(C)c1ccccn1)[C@H]1OC(=O)C[C@H](O[Si](C)(C)C(C)(C)C)CC[C@@]2(C)OC(c3ccccc3)O[C@H]2/C=C/[C@@H]1C. The summed E-state index contributed by atoms with van der Waals surface area (Å²) in [7, 11) is -2.16. The quantitative estimate of drug-likeness (QED) is 0.131. The monoisotopic (exact) mass is 631 g/mol. The second-order valence-corrected chi connectivity index (χ2v) is 19.2. The van der Waals surface area contributed by atoms with E-state index >= 15 is 0 Å². The Morgan fingerprint density at radius 1 is 1.11 bits per heavy atom. The van der Waals surface area contributed by atoms with Gasteiger partial charge in [-0.05, 0) is 62.5 Å². The molecule has 0 aliphatic carbocycles. The first-order valence-corrected chi connectivity index (χ1v) is 19.3. The third-order valence-electron chi connectivity index (χ3n) is 9.63. The third-order valence-corrected chi connectivity index (χ3v) is 14.2. The minimum Gasteiger partial charge on any atom is -0.457 e. The van der Waals surface area contributed by atoms with Crippen molar-refractivity contribution in [2.75, 3.05) is 0 Å². The van der Waals surface area contributed by atoms with Gasteiger partial charge in [-0.15, -0.1) is 0 Å². The molecule has 0 spiro atoms. The van der Waals surface area contributed by atoms with Gasteiger partial charge in [-0.2, -0.15) is 0 Å². The lowest BCUT2D eigenvalue weighted by atomic mass is 9.89. The molecule has 3 heterocycles. The van der Waals surface area contributed by atoms with E-state index in [-0.39, 0.29) is 41.5 Å². The first-order valence-electron chi connectivity index (χ1n) is 16.4. The molecule has 2 aromatic rings. The molecule has 0 bridgehead atoms. The lowest BCUT2D eigenvalue weighted by Crippen LogP contribution is -2.45. The molecule has 2 aliphatic heterocycles. The maximum absolute atomic E-state index is 13.6. The molecule has 6 nitrogen and oxygen atoms in total. The summed E-state index contributed by atoms with van der Waals surface area (Å²) < 4.78 is 26.4. The van der Waals surface area contributed by atoms with Gasteiger partial charge in [0.05, 0.1) is 18.1 Å². The Labute approximate surface area is 272 Å². The zero-order valence-corrected chi connectivity index (χ0v) is 29.7. The van der Waals surface area contributed by atoms with Crippen LogP contribution in [-0.4, -0.2) is 43.2 Å². The standard InChI is InChI=1S/C38H53NO5Si/c1-27(32-20-13-14-25-39-32)16-15-17-28(2)35-29(3)21-22-33-38(7,43-36(41-33)30-18-11-10-12-19-30)24-23-31(26-34(40)42-35)44-45(8,9)37(4,5)6/h10-22,25,27,29,31,33,35-36H,23-24,26H2,1-9H3/b16-15+,22-21+,28-17+/t27?,29-,31+,33-,35+,36?,38+/m0/s1. The van der Waals surface area contributed by atoms with Gasteiger partial charge in [-0.3, -0.25) is 9.78 Å². The zero-order chi connectivity index (χ0) is 32.8. The van der Waals surface area contributed by atoms with E-state index in [4.69, 9.17) is 18.6 Å². The van der Waals surface area contributed by atoms with Crippen molar-refractivity contribution in [2.45, 2.75) is 122 Å². The van der Waals surface area contributed by atoms with E-state index in [9.17, 15) is 4.79 Å². The van der Waals surface area contributed by atoms with Gasteiger partial charge in [0.25, 0.3) is 0 Å². The van der Waals surface area contributed by atoms with Crippen LogP contribution in [0.1, 0.15) is 91.2 Å². The van der Waals surface area contributed by atoms with E-state index < -0.39 is 26.3 Å². The van der Waals surface area contributed by atoms with Gasteiger partial charge >= 0.3 is 5.97 Å². The molecule has 0 saturated carbocycles. The molecule has 2 aliphatic rings. The van der Waals surface area contributed by atoms with Gasteiger partial charge in [-0.25, -0.2) is 0 Å². The first-order chi connectivity index (χ1) is 21.2. The molecular formula is C38H53NO5Si. The van der Waals surface area contributed by atoms with Gasteiger partial charge < -0.3 is 18.6 Å². The lowest BCUT2D eigenvalue weighted by molar-refractivity contribution is -0.151. The number of carbonyl (C=O) groups is 1. The Morgan fingerprint density at radius 3 is 2.49 bits per heavy atom. The molecule has 1 aromatic heterocycles. The van der Waals surface area contributed by atoms with Crippen LogP contribution in [-0.2, 0) is 23.4 Å². The number of cyclic esters (lactones) is 1. The van der Waals surface area contributed by atoms with Crippen molar-refractivity contribution in [1.82, 2.24) is 4.98 Å². The van der Waals surface area contributed by atoms with Crippen molar-refractivity contribution < 1.29 is 23.4 Å². The molecule has 7 atom stereocenters. The highest BCUT2D eigenvalue weighted by molar-refractivity contribution is 6.74. The van der Waals surface area contributed by atoms with Crippen LogP contribution in [0.3, 0.4) is 0 Å². The highest BCUT2D eigenvalue weighted by atomic mass is 28.4. The van der Waals surface area contributed by atoms with E-state index in [2.05, 4.69) is 77.8 Å². The van der Waals surface area contributed by atoms with Crippen LogP contribution < -0.4 is 0 Å². The topological polar surface area (TPSA) is 66.9 Å². The van der Waals surface area contributed by atoms with E-state index in [0.717, 1.165) is 16.8 Å². The fourth-order valence-corrected chi connectivity index (χ4v) is 7.04. The highest BCUT2D eigenvalue weighted by Gasteiger charge is 2.47. The van der Waals surface area contributed by atoms with Crippen molar-refractivity contribution >= 4 is 14.3 Å². The molecule has 45 heavy (non-hydrogen) atoms. The van der Waals surface area contributed by atoms with Gasteiger partial charge in [0.1, 0.15) is 12.2 Å². The van der Waals surface area contributed by atoms with Crippen LogP contribution in [0.15, 0.2) is 90.7 Å². The number of aromatic nitrogens is 1. The number of pyridine rings is 1. The Kier molecular flexibility index (Phi) is 11.5. The Balaban J connectivity index is 1.64. The van der Waals surface area contributed by atoms with Crippen LogP contribution in [0.5, 0.6) is 0 Å². The van der Waals surface area contributed by atoms with Crippen LogP contribution >= 0.6 is 0 Å². The molecule has 1 saturated heterocycles. The molecule has 244 valence electrons. The summed E-state index contributed by atoms with van der Waals surface area (Å²) in [6, 6.07) is 16.0. The molecule has 0 radical (unpaired) electrons. The molecule has 0 N–H and O–H groups in total. The predicted octanol–water partition coefficient (Wildman–Crippen LogP) is 9.24. The normalized spacial score (nSPS) is 30.2. The van der Waals surface area contributed by atoms with Crippen LogP contribution in [0.2, 0.25) is 18.1 Å². The number of ether oxygens (including phenoxy) is 3. The number of esters is 1.